The van der Waals surface area contributed by atoms with Crippen molar-refractivity contribution in [2.24, 2.45) is 0 Å². The van der Waals surface area contributed by atoms with Crippen molar-refractivity contribution in [3.63, 3.8) is 0 Å². The topological polar surface area (TPSA) is 29.5 Å². The summed E-state index contributed by atoms with van der Waals surface area (Å²) in [4.78, 5) is 13.2. The molecule has 0 aliphatic heterocycles. The molecule has 1 aromatic carbocycles. The number of hydrogen-bond acceptors (Lipinski definition) is 3. The third kappa shape index (κ3) is 3.12. The number of nitrogens with zero attached hydrogens (tertiary/aromatic N) is 1. The fourth-order valence-electron chi connectivity index (χ4n) is 1.21. The highest BCUT2D eigenvalue weighted by Gasteiger charge is 2.06. The molecule has 0 heterocycles. The molecule has 0 bridgehead atoms. The number of hydrogen-bond donors (Lipinski definition) is 0. The highest BCUT2D eigenvalue weighted by atomic mass is 79.9. The Morgan fingerprint density at radius 2 is 2.21 bits per heavy atom. The highest BCUT2D eigenvalue weighted by molar-refractivity contribution is 9.06. The smallest absolute Gasteiger partial charge is 0.349 e. The van der Waals surface area contributed by atoms with Crippen molar-refractivity contribution in [2.45, 2.75) is 6.54 Å². The van der Waals surface area contributed by atoms with E-state index in [2.05, 4.69) is 20.1 Å². The SMILES string of the molecule is CN(C)Cc1cccc(C(=O)OBr)c1. The van der Waals surface area contributed by atoms with Crippen molar-refractivity contribution < 1.29 is 8.62 Å². The highest BCUT2D eigenvalue weighted by Crippen LogP contribution is 2.09. The lowest BCUT2D eigenvalue weighted by Gasteiger charge is -2.09. The largest absolute Gasteiger partial charge is 0.380 e. The molecule has 4 heteroatoms. The van der Waals surface area contributed by atoms with Crippen LogP contribution in [0.5, 0.6) is 0 Å². The monoisotopic (exact) mass is 257 g/mol. The molecule has 0 aliphatic rings. The Labute approximate surface area is 92.1 Å². The average molecular weight is 258 g/mol. The van der Waals surface area contributed by atoms with Gasteiger partial charge in [-0.15, -0.1) is 0 Å². The second kappa shape index (κ2) is 5.12. The van der Waals surface area contributed by atoms with Crippen LogP contribution in [-0.2, 0) is 10.4 Å². The molecule has 1 aromatic rings. The van der Waals surface area contributed by atoms with Gasteiger partial charge in [-0.3, -0.25) is 0 Å². The van der Waals surface area contributed by atoms with Gasteiger partial charge >= 0.3 is 5.97 Å². The molecule has 0 spiro atoms. The Hall–Kier alpha value is -0.870. The van der Waals surface area contributed by atoms with Crippen molar-refractivity contribution in [3.8, 4) is 0 Å². The lowest BCUT2D eigenvalue weighted by Crippen LogP contribution is -2.11. The standard InChI is InChI=1S/C10H12BrNO2/c1-12(2)7-8-4-3-5-9(6-8)10(13)14-11/h3-6H,7H2,1-2H3. The Bertz CT molecular complexity index is 326. The van der Waals surface area contributed by atoms with Gasteiger partial charge < -0.3 is 8.73 Å². The Balaban J connectivity index is 2.84. The molecule has 0 radical (unpaired) electrons. The van der Waals surface area contributed by atoms with Crippen LogP contribution in [0, 0.1) is 0 Å². The van der Waals surface area contributed by atoms with Gasteiger partial charge in [0.1, 0.15) is 0 Å². The molecule has 0 unspecified atom stereocenters. The summed E-state index contributed by atoms with van der Waals surface area (Å²) in [6, 6.07) is 7.37. The summed E-state index contributed by atoms with van der Waals surface area (Å²) < 4.78 is 4.46. The van der Waals surface area contributed by atoms with Crippen LogP contribution in [0.4, 0.5) is 0 Å². The van der Waals surface area contributed by atoms with E-state index in [1.54, 1.807) is 6.07 Å². The van der Waals surface area contributed by atoms with Crippen molar-refractivity contribution in [1.29, 1.82) is 0 Å². The van der Waals surface area contributed by atoms with Crippen molar-refractivity contribution >= 4 is 22.2 Å². The van der Waals surface area contributed by atoms with E-state index >= 15 is 0 Å². The summed E-state index contributed by atoms with van der Waals surface area (Å²) in [5, 5.41) is 0. The third-order valence-electron chi connectivity index (χ3n) is 1.73. The molecule has 0 amide bonds. The summed E-state index contributed by atoms with van der Waals surface area (Å²) in [6.07, 6.45) is 0. The van der Waals surface area contributed by atoms with Crippen LogP contribution >= 0.6 is 16.3 Å². The first-order valence-electron chi connectivity index (χ1n) is 4.20. The van der Waals surface area contributed by atoms with Gasteiger partial charge in [0.25, 0.3) is 0 Å². The van der Waals surface area contributed by atoms with Gasteiger partial charge in [0.2, 0.25) is 0 Å². The molecule has 0 aliphatic carbocycles. The number of benzene rings is 1. The van der Waals surface area contributed by atoms with E-state index in [9.17, 15) is 4.79 Å². The van der Waals surface area contributed by atoms with Gasteiger partial charge in [0.05, 0.1) is 5.56 Å². The van der Waals surface area contributed by atoms with E-state index in [1.807, 2.05) is 37.2 Å². The molecular weight excluding hydrogens is 246 g/mol. The van der Waals surface area contributed by atoms with Crippen LogP contribution < -0.4 is 0 Å². The van der Waals surface area contributed by atoms with Crippen molar-refractivity contribution in [3.05, 3.63) is 35.4 Å². The molecule has 0 fully saturated rings. The number of rotatable bonds is 3. The van der Waals surface area contributed by atoms with E-state index in [4.69, 9.17) is 0 Å². The van der Waals surface area contributed by atoms with Crippen LogP contribution in [0.3, 0.4) is 0 Å². The molecule has 0 saturated carbocycles. The third-order valence-corrected chi connectivity index (χ3v) is 2.03. The number of carbonyl (C=O) groups is 1. The van der Waals surface area contributed by atoms with Gasteiger partial charge in [0.15, 0.2) is 16.3 Å². The van der Waals surface area contributed by atoms with E-state index < -0.39 is 0 Å². The van der Waals surface area contributed by atoms with Crippen molar-refractivity contribution in [1.82, 2.24) is 4.90 Å². The van der Waals surface area contributed by atoms with Gasteiger partial charge in [0, 0.05) is 6.54 Å². The van der Waals surface area contributed by atoms with Crippen molar-refractivity contribution in [2.75, 3.05) is 14.1 Å². The molecule has 76 valence electrons. The molecule has 0 N–H and O–H groups in total. The van der Waals surface area contributed by atoms with Crippen LogP contribution in [0.2, 0.25) is 0 Å². The fraction of sp³-hybridized carbons (Fsp3) is 0.300. The molecule has 14 heavy (non-hydrogen) atoms. The molecule has 1 rings (SSSR count). The second-order valence-electron chi connectivity index (χ2n) is 3.30. The first kappa shape index (κ1) is 11.2. The molecule has 0 atom stereocenters. The maximum absolute atomic E-state index is 11.2. The summed E-state index contributed by atoms with van der Waals surface area (Å²) in [5.41, 5.74) is 1.65. The summed E-state index contributed by atoms with van der Waals surface area (Å²) in [6.45, 7) is 0.809. The zero-order chi connectivity index (χ0) is 10.6. The number of carbonyl (C=O) groups excluding carboxylic acids is 1. The fourth-order valence-corrected chi connectivity index (χ4v) is 1.39. The van der Waals surface area contributed by atoms with Crippen LogP contribution in [0.15, 0.2) is 24.3 Å². The van der Waals surface area contributed by atoms with Gasteiger partial charge in [-0.2, -0.15) is 0 Å². The number of halogens is 1. The zero-order valence-electron chi connectivity index (χ0n) is 8.16. The predicted molar refractivity (Wildman–Crippen MR) is 58.2 cm³/mol. The quantitative estimate of drug-likeness (QED) is 0.832. The molecule has 0 aromatic heterocycles. The maximum atomic E-state index is 11.2. The lowest BCUT2D eigenvalue weighted by atomic mass is 10.1. The Morgan fingerprint density at radius 3 is 2.79 bits per heavy atom. The summed E-state index contributed by atoms with van der Waals surface area (Å²) in [7, 11) is 3.96. The zero-order valence-corrected chi connectivity index (χ0v) is 9.74. The van der Waals surface area contributed by atoms with Crippen LogP contribution in [0.25, 0.3) is 0 Å². The van der Waals surface area contributed by atoms with Gasteiger partial charge in [-0.1, -0.05) is 12.1 Å². The van der Waals surface area contributed by atoms with E-state index in [-0.39, 0.29) is 5.97 Å². The first-order valence-corrected chi connectivity index (χ1v) is 4.85. The molecule has 0 saturated heterocycles. The lowest BCUT2D eigenvalue weighted by molar-refractivity contribution is 0.0781. The molecule has 3 nitrogen and oxygen atoms in total. The Kier molecular flexibility index (Phi) is 4.10. The summed E-state index contributed by atoms with van der Waals surface area (Å²) >= 11 is 2.67. The minimum absolute atomic E-state index is 0.370. The first-order chi connectivity index (χ1) is 6.63. The average Bonchev–Trinajstić information content (AvgIpc) is 2.16. The van der Waals surface area contributed by atoms with E-state index in [0.717, 1.165) is 12.1 Å². The van der Waals surface area contributed by atoms with E-state index in [1.165, 1.54) is 0 Å². The predicted octanol–water partition coefficient (Wildman–Crippen LogP) is 2.21. The molecular formula is C10H12BrNO2. The second-order valence-corrected chi connectivity index (χ2v) is 3.63. The normalized spacial score (nSPS) is 10.3. The maximum Gasteiger partial charge on any atom is 0.349 e. The minimum atomic E-state index is -0.370. The minimum Gasteiger partial charge on any atom is -0.380 e. The van der Waals surface area contributed by atoms with Crippen LogP contribution in [0.1, 0.15) is 15.9 Å². The Morgan fingerprint density at radius 1 is 1.50 bits per heavy atom. The van der Waals surface area contributed by atoms with Gasteiger partial charge in [-0.05, 0) is 31.8 Å². The summed E-state index contributed by atoms with van der Waals surface area (Å²) in [5.74, 6) is -0.370. The van der Waals surface area contributed by atoms with Gasteiger partial charge in [-0.25, -0.2) is 4.79 Å². The van der Waals surface area contributed by atoms with E-state index in [0.29, 0.717) is 5.56 Å². The van der Waals surface area contributed by atoms with Crippen LogP contribution in [-0.4, -0.2) is 25.0 Å².